The summed E-state index contributed by atoms with van der Waals surface area (Å²) in [6, 6.07) is 10.2. The van der Waals surface area contributed by atoms with Gasteiger partial charge >= 0.3 is 6.03 Å². The molecule has 4 rings (SSSR count). The molecular formula is C20H27N3O3. The SMILES string of the molecule is O=C(NCc1ccccc1)[C@@H]1C[C@H]2CN(C(=O)NC3CCCC3)C[C@@H]1O2. The Bertz CT molecular complexity index is 645. The van der Waals surface area contributed by atoms with Crippen molar-refractivity contribution in [3.63, 3.8) is 0 Å². The summed E-state index contributed by atoms with van der Waals surface area (Å²) in [5, 5.41) is 6.16. The molecule has 1 aromatic rings. The number of urea groups is 1. The molecule has 1 aromatic carbocycles. The van der Waals surface area contributed by atoms with Crippen molar-refractivity contribution in [3.8, 4) is 0 Å². The highest BCUT2D eigenvalue weighted by molar-refractivity contribution is 5.80. The van der Waals surface area contributed by atoms with Crippen LogP contribution in [-0.4, -0.2) is 48.2 Å². The van der Waals surface area contributed by atoms with Crippen molar-refractivity contribution in [3.05, 3.63) is 35.9 Å². The first kappa shape index (κ1) is 17.3. The Morgan fingerprint density at radius 2 is 1.88 bits per heavy atom. The summed E-state index contributed by atoms with van der Waals surface area (Å²) < 4.78 is 5.95. The number of ether oxygens (including phenoxy) is 1. The first-order valence-electron chi connectivity index (χ1n) is 9.71. The van der Waals surface area contributed by atoms with E-state index in [9.17, 15) is 9.59 Å². The highest BCUT2D eigenvalue weighted by Gasteiger charge is 2.45. The molecule has 1 aliphatic carbocycles. The van der Waals surface area contributed by atoms with Gasteiger partial charge in [0.2, 0.25) is 5.91 Å². The molecule has 140 valence electrons. The molecule has 2 saturated heterocycles. The van der Waals surface area contributed by atoms with Crippen LogP contribution in [-0.2, 0) is 16.1 Å². The van der Waals surface area contributed by atoms with Crippen LogP contribution in [0.4, 0.5) is 4.79 Å². The Kier molecular flexibility index (Phi) is 5.11. The quantitative estimate of drug-likeness (QED) is 0.866. The van der Waals surface area contributed by atoms with E-state index in [0.29, 0.717) is 32.1 Å². The van der Waals surface area contributed by atoms with E-state index >= 15 is 0 Å². The van der Waals surface area contributed by atoms with Gasteiger partial charge in [-0.05, 0) is 24.8 Å². The topological polar surface area (TPSA) is 70.7 Å². The number of fused-ring (bicyclic) bond motifs is 2. The van der Waals surface area contributed by atoms with Crippen molar-refractivity contribution in [2.45, 2.75) is 56.9 Å². The Morgan fingerprint density at radius 3 is 2.65 bits per heavy atom. The van der Waals surface area contributed by atoms with Gasteiger partial charge in [0.05, 0.1) is 18.1 Å². The minimum absolute atomic E-state index is 0.000503. The number of nitrogens with one attached hydrogen (secondary N) is 2. The van der Waals surface area contributed by atoms with Gasteiger partial charge in [-0.25, -0.2) is 4.79 Å². The van der Waals surface area contributed by atoms with E-state index in [-0.39, 0.29) is 30.1 Å². The van der Waals surface area contributed by atoms with E-state index in [0.717, 1.165) is 18.4 Å². The normalized spacial score (nSPS) is 28.2. The van der Waals surface area contributed by atoms with Gasteiger partial charge in [0, 0.05) is 25.7 Å². The van der Waals surface area contributed by atoms with Crippen molar-refractivity contribution < 1.29 is 14.3 Å². The fourth-order valence-corrected chi connectivity index (χ4v) is 4.35. The Morgan fingerprint density at radius 1 is 1.12 bits per heavy atom. The number of morpholine rings is 1. The molecule has 0 spiro atoms. The second-order valence-electron chi connectivity index (χ2n) is 7.68. The molecule has 0 aromatic heterocycles. The molecule has 0 radical (unpaired) electrons. The number of hydrogen-bond acceptors (Lipinski definition) is 3. The standard InChI is InChI=1S/C20H27N3O3/c24-19(21-11-14-6-2-1-3-7-14)17-10-16-12-23(13-18(17)26-16)20(25)22-15-8-4-5-9-15/h1-3,6-7,15-18H,4-5,8-13H2,(H,21,24)(H,22,25)/t16-,17+,18-/m0/s1. The zero-order valence-electron chi connectivity index (χ0n) is 15.0. The average molecular weight is 357 g/mol. The predicted octanol–water partition coefficient (Wildman–Crippen LogP) is 2.04. The van der Waals surface area contributed by atoms with Crippen molar-refractivity contribution in [1.82, 2.24) is 15.5 Å². The van der Waals surface area contributed by atoms with Gasteiger partial charge in [-0.1, -0.05) is 43.2 Å². The first-order chi connectivity index (χ1) is 12.7. The predicted molar refractivity (Wildman–Crippen MR) is 97.4 cm³/mol. The molecule has 2 aliphatic heterocycles. The van der Waals surface area contributed by atoms with Gasteiger partial charge in [-0.2, -0.15) is 0 Å². The Balaban J connectivity index is 1.30. The van der Waals surface area contributed by atoms with E-state index in [4.69, 9.17) is 4.74 Å². The number of carbonyl (C=O) groups is 2. The van der Waals surface area contributed by atoms with E-state index in [1.165, 1.54) is 12.8 Å². The number of nitrogens with zero attached hydrogens (tertiary/aromatic N) is 1. The number of hydrogen-bond donors (Lipinski definition) is 2. The first-order valence-corrected chi connectivity index (χ1v) is 9.71. The number of likely N-dealkylation sites (tertiary alicyclic amines) is 1. The number of carbonyl (C=O) groups excluding carboxylic acids is 2. The second kappa shape index (κ2) is 7.66. The lowest BCUT2D eigenvalue weighted by Crippen LogP contribution is -2.52. The van der Waals surface area contributed by atoms with E-state index < -0.39 is 0 Å². The van der Waals surface area contributed by atoms with Crippen molar-refractivity contribution in [2.75, 3.05) is 13.1 Å². The number of benzene rings is 1. The monoisotopic (exact) mass is 357 g/mol. The Labute approximate surface area is 154 Å². The van der Waals surface area contributed by atoms with Crippen LogP contribution in [0.5, 0.6) is 0 Å². The zero-order valence-corrected chi connectivity index (χ0v) is 15.0. The van der Waals surface area contributed by atoms with Gasteiger partial charge in [0.25, 0.3) is 0 Å². The molecule has 3 aliphatic rings. The fraction of sp³-hybridized carbons (Fsp3) is 0.600. The van der Waals surface area contributed by atoms with Crippen LogP contribution in [0.1, 0.15) is 37.7 Å². The maximum Gasteiger partial charge on any atom is 0.317 e. The van der Waals surface area contributed by atoms with Gasteiger partial charge in [-0.15, -0.1) is 0 Å². The van der Waals surface area contributed by atoms with Crippen LogP contribution >= 0.6 is 0 Å². The van der Waals surface area contributed by atoms with Crippen LogP contribution in [0, 0.1) is 5.92 Å². The third-order valence-corrected chi connectivity index (χ3v) is 5.77. The van der Waals surface area contributed by atoms with Crippen molar-refractivity contribution >= 4 is 11.9 Å². The minimum Gasteiger partial charge on any atom is -0.370 e. The minimum atomic E-state index is -0.196. The molecule has 2 bridgehead atoms. The smallest absolute Gasteiger partial charge is 0.317 e. The summed E-state index contributed by atoms with van der Waals surface area (Å²) in [6.45, 7) is 1.61. The molecule has 2 heterocycles. The maximum absolute atomic E-state index is 12.6. The lowest BCUT2D eigenvalue weighted by molar-refractivity contribution is -0.127. The van der Waals surface area contributed by atoms with Gasteiger partial charge in [0.15, 0.2) is 0 Å². The van der Waals surface area contributed by atoms with Crippen LogP contribution in [0.15, 0.2) is 30.3 Å². The summed E-state index contributed by atoms with van der Waals surface area (Å²) in [4.78, 5) is 27.0. The summed E-state index contributed by atoms with van der Waals surface area (Å²) in [5.41, 5.74) is 1.08. The van der Waals surface area contributed by atoms with E-state index in [1.54, 1.807) is 0 Å². The lowest BCUT2D eigenvalue weighted by atomic mass is 9.99. The lowest BCUT2D eigenvalue weighted by Gasteiger charge is -2.33. The Hall–Kier alpha value is -2.08. The summed E-state index contributed by atoms with van der Waals surface area (Å²) in [5.74, 6) is -0.146. The fourth-order valence-electron chi connectivity index (χ4n) is 4.35. The van der Waals surface area contributed by atoms with Gasteiger partial charge < -0.3 is 20.3 Å². The van der Waals surface area contributed by atoms with Crippen LogP contribution in [0.2, 0.25) is 0 Å². The zero-order chi connectivity index (χ0) is 17.9. The van der Waals surface area contributed by atoms with E-state index in [1.807, 2.05) is 35.2 Å². The van der Waals surface area contributed by atoms with Crippen molar-refractivity contribution in [1.29, 1.82) is 0 Å². The largest absolute Gasteiger partial charge is 0.370 e. The molecule has 6 nitrogen and oxygen atoms in total. The highest BCUT2D eigenvalue weighted by atomic mass is 16.5. The average Bonchev–Trinajstić information content (AvgIpc) is 3.27. The van der Waals surface area contributed by atoms with Crippen LogP contribution in [0.25, 0.3) is 0 Å². The van der Waals surface area contributed by atoms with Crippen LogP contribution < -0.4 is 10.6 Å². The second-order valence-corrected chi connectivity index (χ2v) is 7.68. The number of amides is 3. The molecule has 1 saturated carbocycles. The molecule has 3 fully saturated rings. The number of rotatable bonds is 4. The maximum atomic E-state index is 12.6. The van der Waals surface area contributed by atoms with Gasteiger partial charge in [-0.3, -0.25) is 4.79 Å². The molecule has 26 heavy (non-hydrogen) atoms. The molecule has 6 heteroatoms. The highest BCUT2D eigenvalue weighted by Crippen LogP contribution is 2.32. The van der Waals surface area contributed by atoms with Crippen molar-refractivity contribution in [2.24, 2.45) is 5.92 Å². The molecule has 3 amide bonds. The summed E-state index contributed by atoms with van der Waals surface area (Å²) in [6.07, 6.45) is 5.01. The van der Waals surface area contributed by atoms with Crippen LogP contribution in [0.3, 0.4) is 0 Å². The summed E-state index contributed by atoms with van der Waals surface area (Å²) in [7, 11) is 0. The third kappa shape index (κ3) is 3.85. The molecular weight excluding hydrogens is 330 g/mol. The molecule has 2 N–H and O–H groups in total. The van der Waals surface area contributed by atoms with E-state index in [2.05, 4.69) is 10.6 Å². The molecule has 0 unspecified atom stereocenters. The summed E-state index contributed by atoms with van der Waals surface area (Å²) >= 11 is 0. The third-order valence-electron chi connectivity index (χ3n) is 5.77. The van der Waals surface area contributed by atoms with Gasteiger partial charge in [0.1, 0.15) is 0 Å². The molecule has 3 atom stereocenters.